The molecule has 112 valence electrons. The molecule has 3 N–H and O–H groups in total. The van der Waals surface area contributed by atoms with Crippen molar-refractivity contribution in [2.24, 2.45) is 11.8 Å². The zero-order valence-corrected chi connectivity index (χ0v) is 10.6. The van der Waals surface area contributed by atoms with Gasteiger partial charge in [-0.3, -0.25) is 5.43 Å². The van der Waals surface area contributed by atoms with Gasteiger partial charge in [0.05, 0.1) is 6.61 Å². The average Bonchev–Trinajstić information content (AvgIpc) is 2.45. The molecule has 1 fully saturated rings. The summed E-state index contributed by atoms with van der Waals surface area (Å²) in [7, 11) is 0. The fourth-order valence-corrected chi connectivity index (χ4v) is 1.82. The molecular formula is C11H15F3N4O2. The van der Waals surface area contributed by atoms with Gasteiger partial charge in [0.25, 0.3) is 0 Å². The van der Waals surface area contributed by atoms with Crippen LogP contribution >= 0.6 is 0 Å². The SMILES string of the molecule is NNc1nc(OCC2CCOCC2)cc(C(F)(F)F)n1. The molecule has 20 heavy (non-hydrogen) atoms. The van der Waals surface area contributed by atoms with Crippen LogP contribution in [-0.2, 0) is 10.9 Å². The topological polar surface area (TPSA) is 82.3 Å². The molecule has 0 radical (unpaired) electrons. The van der Waals surface area contributed by atoms with Crippen molar-refractivity contribution in [1.82, 2.24) is 9.97 Å². The fraction of sp³-hybridized carbons (Fsp3) is 0.636. The van der Waals surface area contributed by atoms with Crippen molar-refractivity contribution in [3.8, 4) is 5.88 Å². The van der Waals surface area contributed by atoms with E-state index in [1.54, 1.807) is 0 Å². The number of nitrogens with one attached hydrogen (secondary N) is 1. The lowest BCUT2D eigenvalue weighted by Crippen LogP contribution is -2.22. The normalized spacial score (nSPS) is 17.0. The molecule has 2 heterocycles. The Hall–Kier alpha value is -1.61. The van der Waals surface area contributed by atoms with Crippen molar-refractivity contribution in [2.45, 2.75) is 19.0 Å². The maximum atomic E-state index is 12.6. The fourth-order valence-electron chi connectivity index (χ4n) is 1.82. The summed E-state index contributed by atoms with van der Waals surface area (Å²) < 4.78 is 48.5. The van der Waals surface area contributed by atoms with Crippen molar-refractivity contribution >= 4 is 5.95 Å². The number of hydrazine groups is 1. The van der Waals surface area contributed by atoms with Gasteiger partial charge in [-0.05, 0) is 18.8 Å². The van der Waals surface area contributed by atoms with Gasteiger partial charge in [0.1, 0.15) is 0 Å². The van der Waals surface area contributed by atoms with E-state index >= 15 is 0 Å². The number of nitrogens with zero attached hydrogens (tertiary/aromatic N) is 2. The van der Waals surface area contributed by atoms with Crippen LogP contribution in [0.3, 0.4) is 0 Å². The van der Waals surface area contributed by atoms with Crippen molar-refractivity contribution in [2.75, 3.05) is 25.2 Å². The summed E-state index contributed by atoms with van der Waals surface area (Å²) in [5, 5.41) is 0. The monoisotopic (exact) mass is 292 g/mol. The van der Waals surface area contributed by atoms with Gasteiger partial charge in [0, 0.05) is 19.3 Å². The van der Waals surface area contributed by atoms with E-state index in [0.717, 1.165) is 18.9 Å². The van der Waals surface area contributed by atoms with Gasteiger partial charge >= 0.3 is 6.18 Å². The van der Waals surface area contributed by atoms with Crippen LogP contribution in [0.4, 0.5) is 19.1 Å². The average molecular weight is 292 g/mol. The summed E-state index contributed by atoms with van der Waals surface area (Å²) in [5.41, 5.74) is 0.901. The molecule has 0 spiro atoms. The molecule has 1 aromatic heterocycles. The van der Waals surface area contributed by atoms with E-state index in [-0.39, 0.29) is 17.7 Å². The van der Waals surface area contributed by atoms with E-state index in [2.05, 4.69) is 9.97 Å². The molecule has 1 saturated heterocycles. The Morgan fingerprint density at radius 3 is 2.65 bits per heavy atom. The zero-order valence-electron chi connectivity index (χ0n) is 10.6. The molecule has 0 atom stereocenters. The van der Waals surface area contributed by atoms with Gasteiger partial charge in [0.2, 0.25) is 11.8 Å². The van der Waals surface area contributed by atoms with E-state index in [4.69, 9.17) is 15.3 Å². The van der Waals surface area contributed by atoms with Gasteiger partial charge in [0.15, 0.2) is 5.69 Å². The minimum atomic E-state index is -4.58. The Kier molecular flexibility index (Phi) is 4.61. The van der Waals surface area contributed by atoms with E-state index in [0.29, 0.717) is 19.8 Å². The number of ether oxygens (including phenoxy) is 2. The summed E-state index contributed by atoms with van der Waals surface area (Å²) in [6.07, 6.45) is -2.94. The predicted molar refractivity (Wildman–Crippen MR) is 63.9 cm³/mol. The molecule has 0 amide bonds. The summed E-state index contributed by atoms with van der Waals surface area (Å²) >= 11 is 0. The summed E-state index contributed by atoms with van der Waals surface area (Å²) in [6.45, 7) is 1.57. The second-order valence-corrected chi connectivity index (χ2v) is 4.42. The minimum Gasteiger partial charge on any atom is -0.477 e. The Labute approximate surface area is 113 Å². The molecule has 0 aromatic carbocycles. The first kappa shape index (κ1) is 14.8. The van der Waals surface area contributed by atoms with Gasteiger partial charge in [-0.2, -0.15) is 18.2 Å². The molecule has 9 heteroatoms. The highest BCUT2D eigenvalue weighted by Gasteiger charge is 2.34. The molecule has 0 aliphatic carbocycles. The van der Waals surface area contributed by atoms with Gasteiger partial charge in [-0.25, -0.2) is 10.8 Å². The summed E-state index contributed by atoms with van der Waals surface area (Å²) in [5.74, 6) is 4.83. The number of aromatic nitrogens is 2. The Morgan fingerprint density at radius 1 is 1.35 bits per heavy atom. The molecule has 0 bridgehead atoms. The number of nitrogen functional groups attached to an aromatic ring is 1. The highest BCUT2D eigenvalue weighted by atomic mass is 19.4. The summed E-state index contributed by atoms with van der Waals surface area (Å²) in [4.78, 5) is 6.99. The first-order valence-corrected chi connectivity index (χ1v) is 6.12. The highest BCUT2D eigenvalue weighted by molar-refractivity contribution is 5.30. The van der Waals surface area contributed by atoms with Crippen LogP contribution in [0.25, 0.3) is 0 Å². The van der Waals surface area contributed by atoms with Gasteiger partial charge in [-0.1, -0.05) is 0 Å². The largest absolute Gasteiger partial charge is 0.477 e. The van der Waals surface area contributed by atoms with Crippen LogP contribution in [0.5, 0.6) is 5.88 Å². The van der Waals surface area contributed by atoms with Crippen LogP contribution in [-0.4, -0.2) is 29.8 Å². The van der Waals surface area contributed by atoms with Crippen LogP contribution < -0.4 is 16.0 Å². The molecular weight excluding hydrogens is 277 g/mol. The third-order valence-electron chi connectivity index (χ3n) is 2.93. The molecule has 0 unspecified atom stereocenters. The maximum absolute atomic E-state index is 12.6. The third kappa shape index (κ3) is 3.94. The molecule has 2 rings (SSSR count). The Morgan fingerprint density at radius 2 is 2.05 bits per heavy atom. The smallest absolute Gasteiger partial charge is 0.433 e. The molecule has 1 aromatic rings. The second kappa shape index (κ2) is 6.23. The zero-order chi connectivity index (χ0) is 14.6. The van der Waals surface area contributed by atoms with E-state index < -0.39 is 11.9 Å². The minimum absolute atomic E-state index is 0.147. The van der Waals surface area contributed by atoms with E-state index in [1.807, 2.05) is 5.43 Å². The quantitative estimate of drug-likeness (QED) is 0.648. The number of hydrogen-bond donors (Lipinski definition) is 2. The first-order chi connectivity index (χ1) is 9.49. The molecule has 0 saturated carbocycles. The second-order valence-electron chi connectivity index (χ2n) is 4.42. The highest BCUT2D eigenvalue weighted by Crippen LogP contribution is 2.30. The first-order valence-electron chi connectivity index (χ1n) is 6.12. The lowest BCUT2D eigenvalue weighted by Gasteiger charge is -2.22. The Bertz CT molecular complexity index is 450. The molecule has 6 nitrogen and oxygen atoms in total. The molecule has 1 aliphatic heterocycles. The van der Waals surface area contributed by atoms with Gasteiger partial charge in [-0.15, -0.1) is 0 Å². The van der Waals surface area contributed by atoms with Crippen LogP contribution in [0.15, 0.2) is 6.07 Å². The van der Waals surface area contributed by atoms with Crippen LogP contribution in [0.1, 0.15) is 18.5 Å². The van der Waals surface area contributed by atoms with Crippen LogP contribution in [0.2, 0.25) is 0 Å². The third-order valence-corrected chi connectivity index (χ3v) is 2.93. The maximum Gasteiger partial charge on any atom is 0.433 e. The van der Waals surface area contributed by atoms with Crippen LogP contribution in [0, 0.1) is 5.92 Å². The van der Waals surface area contributed by atoms with Crippen molar-refractivity contribution < 1.29 is 22.6 Å². The Balaban J connectivity index is 2.06. The van der Waals surface area contributed by atoms with E-state index in [9.17, 15) is 13.2 Å². The lowest BCUT2D eigenvalue weighted by molar-refractivity contribution is -0.141. The standard InChI is InChI=1S/C11H15F3N4O2/c12-11(13,14)8-5-9(17-10(16-8)18-15)20-6-7-1-3-19-4-2-7/h5,7H,1-4,6,15H2,(H,16,17,18). The number of rotatable bonds is 4. The number of halogens is 3. The van der Waals surface area contributed by atoms with Crippen molar-refractivity contribution in [1.29, 1.82) is 0 Å². The lowest BCUT2D eigenvalue weighted by atomic mass is 10.0. The number of hydrogen-bond acceptors (Lipinski definition) is 6. The number of anilines is 1. The number of alkyl halides is 3. The molecule has 1 aliphatic rings. The van der Waals surface area contributed by atoms with E-state index in [1.165, 1.54) is 0 Å². The summed E-state index contributed by atoms with van der Waals surface area (Å²) in [6, 6.07) is 0.764. The number of nitrogens with two attached hydrogens (primary N) is 1. The van der Waals surface area contributed by atoms with Crippen molar-refractivity contribution in [3.05, 3.63) is 11.8 Å². The van der Waals surface area contributed by atoms with Gasteiger partial charge < -0.3 is 9.47 Å². The predicted octanol–water partition coefficient (Wildman–Crippen LogP) is 1.59. The van der Waals surface area contributed by atoms with Crippen molar-refractivity contribution in [3.63, 3.8) is 0 Å².